The van der Waals surface area contributed by atoms with Crippen LogP contribution in [0.15, 0.2) is 4.99 Å². The molecule has 0 aliphatic heterocycles. The normalized spacial score (nSPS) is 16.6. The number of thiazole rings is 1. The Morgan fingerprint density at radius 2 is 2.04 bits per heavy atom. The number of ether oxygens (including phenoxy) is 1. The average molecular weight is 480 g/mol. The Bertz CT molecular complexity index is 510. The summed E-state index contributed by atoms with van der Waals surface area (Å²) in [6.07, 6.45) is 6.78. The van der Waals surface area contributed by atoms with Gasteiger partial charge in [0.15, 0.2) is 5.96 Å². The number of rotatable bonds is 8. The van der Waals surface area contributed by atoms with E-state index in [2.05, 4.69) is 41.4 Å². The van der Waals surface area contributed by atoms with E-state index in [1.165, 1.54) is 30.6 Å². The van der Waals surface area contributed by atoms with Gasteiger partial charge in [0.05, 0.1) is 18.3 Å². The van der Waals surface area contributed by atoms with Crippen molar-refractivity contribution in [3.8, 4) is 0 Å². The molecule has 144 valence electrons. The minimum absolute atomic E-state index is 0. The molecule has 1 saturated carbocycles. The Morgan fingerprint density at radius 1 is 1.32 bits per heavy atom. The van der Waals surface area contributed by atoms with Crippen LogP contribution in [0.2, 0.25) is 0 Å². The summed E-state index contributed by atoms with van der Waals surface area (Å²) in [4.78, 5) is 10.1. The average Bonchev–Trinajstić information content (AvgIpc) is 3.20. The highest BCUT2D eigenvalue weighted by Crippen LogP contribution is 2.30. The zero-order valence-corrected chi connectivity index (χ0v) is 19.1. The summed E-state index contributed by atoms with van der Waals surface area (Å²) in [6.45, 7) is 8.66. The minimum atomic E-state index is 0. The molecule has 1 aromatic rings. The smallest absolute Gasteiger partial charge is 0.191 e. The van der Waals surface area contributed by atoms with Gasteiger partial charge in [0, 0.05) is 25.1 Å². The van der Waals surface area contributed by atoms with Crippen molar-refractivity contribution >= 4 is 41.3 Å². The van der Waals surface area contributed by atoms with Gasteiger partial charge < -0.3 is 15.4 Å². The molecule has 1 unspecified atom stereocenters. The van der Waals surface area contributed by atoms with Crippen LogP contribution < -0.4 is 10.6 Å². The second-order valence-electron chi connectivity index (χ2n) is 6.43. The third-order valence-electron chi connectivity index (χ3n) is 4.73. The van der Waals surface area contributed by atoms with Gasteiger partial charge in [-0.1, -0.05) is 12.8 Å². The predicted octanol–water partition coefficient (Wildman–Crippen LogP) is 4.03. The molecular formula is C18H33IN4OS. The molecule has 1 aliphatic rings. The number of aromatic nitrogens is 1. The molecule has 1 aromatic heterocycles. The third kappa shape index (κ3) is 7.38. The molecule has 0 aromatic carbocycles. The van der Waals surface area contributed by atoms with Crippen molar-refractivity contribution in [1.82, 2.24) is 15.6 Å². The van der Waals surface area contributed by atoms with Crippen molar-refractivity contribution in [3.63, 3.8) is 0 Å². The first kappa shape index (κ1) is 22.6. The van der Waals surface area contributed by atoms with Gasteiger partial charge in [-0.3, -0.25) is 4.99 Å². The van der Waals surface area contributed by atoms with Crippen LogP contribution in [-0.4, -0.2) is 37.2 Å². The lowest BCUT2D eigenvalue weighted by Crippen LogP contribution is -2.39. The fourth-order valence-electron chi connectivity index (χ4n) is 3.33. The monoisotopic (exact) mass is 480 g/mol. The molecule has 2 rings (SSSR count). The lowest BCUT2D eigenvalue weighted by Gasteiger charge is -2.23. The van der Waals surface area contributed by atoms with Crippen molar-refractivity contribution in [2.45, 2.75) is 65.5 Å². The highest BCUT2D eigenvalue weighted by Gasteiger charge is 2.25. The molecule has 25 heavy (non-hydrogen) atoms. The molecule has 0 amide bonds. The summed E-state index contributed by atoms with van der Waals surface area (Å²) in [5, 5.41) is 7.86. The van der Waals surface area contributed by atoms with E-state index in [1.807, 2.05) is 7.05 Å². The maximum Gasteiger partial charge on any atom is 0.191 e. The van der Waals surface area contributed by atoms with E-state index in [-0.39, 0.29) is 24.0 Å². The van der Waals surface area contributed by atoms with Crippen LogP contribution in [-0.2, 0) is 11.3 Å². The van der Waals surface area contributed by atoms with E-state index in [9.17, 15) is 0 Å². The number of aryl methyl sites for hydroxylation is 2. The first-order valence-electron chi connectivity index (χ1n) is 9.13. The Morgan fingerprint density at radius 3 is 2.60 bits per heavy atom. The summed E-state index contributed by atoms with van der Waals surface area (Å²) in [6, 6.07) is 0. The second kappa shape index (κ2) is 12.1. The molecular weight excluding hydrogens is 447 g/mol. The maximum atomic E-state index is 5.98. The van der Waals surface area contributed by atoms with Gasteiger partial charge in [0.2, 0.25) is 0 Å². The van der Waals surface area contributed by atoms with Crippen molar-refractivity contribution in [1.29, 1.82) is 0 Å². The molecule has 0 spiro atoms. The predicted molar refractivity (Wildman–Crippen MR) is 117 cm³/mol. The van der Waals surface area contributed by atoms with Gasteiger partial charge in [-0.2, -0.15) is 0 Å². The first-order valence-corrected chi connectivity index (χ1v) is 9.94. The van der Waals surface area contributed by atoms with Gasteiger partial charge in [-0.25, -0.2) is 4.98 Å². The topological polar surface area (TPSA) is 58.5 Å². The van der Waals surface area contributed by atoms with Crippen molar-refractivity contribution in [2.75, 3.05) is 20.2 Å². The van der Waals surface area contributed by atoms with Gasteiger partial charge in [0.25, 0.3) is 0 Å². The van der Waals surface area contributed by atoms with Crippen LogP contribution in [0.25, 0.3) is 0 Å². The largest absolute Gasteiger partial charge is 0.378 e. The number of hydrogen-bond acceptors (Lipinski definition) is 4. The molecule has 2 N–H and O–H groups in total. The van der Waals surface area contributed by atoms with E-state index in [0.717, 1.165) is 48.7 Å². The van der Waals surface area contributed by atoms with Crippen LogP contribution >= 0.6 is 35.3 Å². The summed E-state index contributed by atoms with van der Waals surface area (Å²) >= 11 is 1.74. The highest BCUT2D eigenvalue weighted by molar-refractivity contribution is 14.0. The van der Waals surface area contributed by atoms with Gasteiger partial charge >= 0.3 is 0 Å². The van der Waals surface area contributed by atoms with Crippen molar-refractivity contribution in [2.24, 2.45) is 10.9 Å². The maximum absolute atomic E-state index is 5.98. The van der Waals surface area contributed by atoms with Crippen LogP contribution in [0.4, 0.5) is 0 Å². The summed E-state index contributed by atoms with van der Waals surface area (Å²) < 4.78 is 5.98. The fourth-order valence-corrected chi connectivity index (χ4v) is 4.20. The van der Waals surface area contributed by atoms with E-state index < -0.39 is 0 Å². The van der Waals surface area contributed by atoms with Gasteiger partial charge in [-0.05, 0) is 46.0 Å². The minimum Gasteiger partial charge on any atom is -0.378 e. The molecule has 1 aliphatic carbocycles. The first-order chi connectivity index (χ1) is 11.6. The number of halogens is 1. The number of nitrogens with one attached hydrogen (secondary N) is 2. The Kier molecular flexibility index (Phi) is 10.9. The number of guanidine groups is 1. The lowest BCUT2D eigenvalue weighted by molar-refractivity contribution is 0.0169. The van der Waals surface area contributed by atoms with E-state index in [0.29, 0.717) is 6.10 Å². The van der Waals surface area contributed by atoms with Crippen LogP contribution in [0.5, 0.6) is 0 Å². The van der Waals surface area contributed by atoms with E-state index >= 15 is 0 Å². The standard InChI is InChI=1S/C18H32N4OS.HI/c1-5-23-16(15-8-6-7-9-15)10-11-20-18(19-4)21-12-17-22-13(2)14(3)24-17;/h15-16H,5-12H2,1-4H3,(H2,19,20,21);1H. The molecule has 0 bridgehead atoms. The molecule has 0 saturated heterocycles. The number of hydrogen-bond donors (Lipinski definition) is 2. The van der Waals surface area contributed by atoms with Crippen LogP contribution in [0.1, 0.15) is 54.6 Å². The fraction of sp³-hybridized carbons (Fsp3) is 0.778. The molecule has 1 atom stereocenters. The van der Waals surface area contributed by atoms with E-state index in [4.69, 9.17) is 4.74 Å². The zero-order chi connectivity index (χ0) is 17.4. The number of nitrogens with zero attached hydrogens (tertiary/aromatic N) is 2. The highest BCUT2D eigenvalue weighted by atomic mass is 127. The molecule has 7 heteroatoms. The van der Waals surface area contributed by atoms with E-state index in [1.54, 1.807) is 11.3 Å². The van der Waals surface area contributed by atoms with Crippen LogP contribution in [0.3, 0.4) is 0 Å². The van der Waals surface area contributed by atoms with Gasteiger partial charge in [0.1, 0.15) is 5.01 Å². The number of aliphatic imine (C=N–C) groups is 1. The molecule has 1 fully saturated rings. The Hall–Kier alpha value is -0.410. The third-order valence-corrected chi connectivity index (χ3v) is 5.80. The van der Waals surface area contributed by atoms with Crippen molar-refractivity contribution < 1.29 is 4.74 Å². The second-order valence-corrected chi connectivity index (χ2v) is 7.72. The molecule has 5 nitrogen and oxygen atoms in total. The Labute approximate surface area is 173 Å². The lowest BCUT2D eigenvalue weighted by atomic mass is 9.98. The zero-order valence-electron chi connectivity index (χ0n) is 15.9. The molecule has 0 radical (unpaired) electrons. The summed E-state index contributed by atoms with van der Waals surface area (Å²) in [7, 11) is 1.81. The molecule has 1 heterocycles. The SMILES string of the molecule is CCOC(CCNC(=NC)NCc1nc(C)c(C)s1)C1CCCC1.I. The van der Waals surface area contributed by atoms with Crippen molar-refractivity contribution in [3.05, 3.63) is 15.6 Å². The summed E-state index contributed by atoms with van der Waals surface area (Å²) in [5.74, 6) is 1.57. The summed E-state index contributed by atoms with van der Waals surface area (Å²) in [5.41, 5.74) is 1.12. The Balaban J connectivity index is 0.00000312. The van der Waals surface area contributed by atoms with Gasteiger partial charge in [-0.15, -0.1) is 35.3 Å². The van der Waals surface area contributed by atoms with Crippen LogP contribution in [0, 0.1) is 19.8 Å². The quantitative estimate of drug-likeness (QED) is 0.335.